The Kier molecular flexibility index (Phi) is 2.53. The van der Waals surface area contributed by atoms with Crippen molar-refractivity contribution in [2.24, 2.45) is 10.2 Å². The Morgan fingerprint density at radius 3 is 2.48 bits per heavy atom. The monoisotopic (exact) mass is 299 g/mol. The van der Waals surface area contributed by atoms with Gasteiger partial charge in [0.25, 0.3) is 0 Å². The van der Waals surface area contributed by atoms with E-state index < -0.39 is 27.2 Å². The molecule has 0 amide bonds. The van der Waals surface area contributed by atoms with Gasteiger partial charge in [-0.1, -0.05) is 30.3 Å². The summed E-state index contributed by atoms with van der Waals surface area (Å²) >= 11 is 0. The van der Waals surface area contributed by atoms with Gasteiger partial charge in [-0.2, -0.15) is 10.2 Å². The minimum atomic E-state index is -3.46. The third-order valence-electron chi connectivity index (χ3n) is 4.15. The Morgan fingerprint density at radius 1 is 1.00 bits per heavy atom. The average molecular weight is 299 g/mol. The third kappa shape index (κ3) is 1.62. The van der Waals surface area contributed by atoms with E-state index in [1.807, 2.05) is 30.3 Å². The maximum Gasteiger partial charge on any atom is 0.188 e. The molecule has 6 heteroatoms. The second kappa shape index (κ2) is 4.21. The van der Waals surface area contributed by atoms with Gasteiger partial charge >= 0.3 is 0 Å². The first kappa shape index (κ1) is 12.6. The van der Waals surface area contributed by atoms with Gasteiger partial charge in [-0.15, -0.1) is 0 Å². The number of benzene rings is 1. The molecule has 0 fully saturated rings. The van der Waals surface area contributed by atoms with E-state index in [1.54, 1.807) is 19.2 Å². The number of hydrogen-bond donors (Lipinski definition) is 0. The van der Waals surface area contributed by atoms with Gasteiger partial charge in [0.1, 0.15) is 17.3 Å². The summed E-state index contributed by atoms with van der Waals surface area (Å²) in [6, 6.07) is 10.4. The number of sulfone groups is 1. The fraction of sp³-hybridized carbons (Fsp3) is 0.267. The molecule has 0 saturated heterocycles. The van der Waals surface area contributed by atoms with Crippen LogP contribution in [0.4, 0.5) is 0 Å². The number of nitrogens with zero attached hydrogens (tertiary/aromatic N) is 3. The lowest BCUT2D eigenvalue weighted by molar-refractivity contribution is 0.567. The van der Waals surface area contributed by atoms with E-state index in [-0.39, 0.29) is 0 Å². The van der Waals surface area contributed by atoms with Crippen LogP contribution in [0.1, 0.15) is 28.9 Å². The number of pyridine rings is 1. The molecule has 0 spiro atoms. The molecular weight excluding hydrogens is 286 g/mol. The van der Waals surface area contributed by atoms with Gasteiger partial charge in [0.2, 0.25) is 0 Å². The van der Waals surface area contributed by atoms with Gasteiger partial charge in [0.05, 0.1) is 10.6 Å². The van der Waals surface area contributed by atoms with Gasteiger partial charge in [-0.05, 0) is 18.6 Å². The Bertz CT molecular complexity index is 846. The minimum absolute atomic E-state index is 0.347. The van der Waals surface area contributed by atoms with E-state index in [0.29, 0.717) is 10.6 Å². The molecular formula is C15H13N3O2S. The SMILES string of the molecule is Cc1nccc2c1S(=O)(=O)[C@H]1C(c3ccccc3)N=N[C@@H]21. The quantitative estimate of drug-likeness (QED) is 0.812. The van der Waals surface area contributed by atoms with E-state index >= 15 is 0 Å². The highest BCUT2D eigenvalue weighted by Gasteiger charge is 2.54. The highest BCUT2D eigenvalue weighted by atomic mass is 32.2. The Balaban J connectivity index is 1.90. The summed E-state index contributed by atoms with van der Waals surface area (Å²) in [7, 11) is -3.46. The largest absolute Gasteiger partial charge is 0.260 e. The number of aromatic nitrogens is 1. The van der Waals surface area contributed by atoms with Crippen LogP contribution in [0, 0.1) is 6.92 Å². The summed E-state index contributed by atoms with van der Waals surface area (Å²) in [4.78, 5) is 4.47. The van der Waals surface area contributed by atoms with Crippen LogP contribution >= 0.6 is 0 Å². The van der Waals surface area contributed by atoms with E-state index in [4.69, 9.17) is 0 Å². The molecule has 1 aromatic heterocycles. The van der Waals surface area contributed by atoms with Crippen LogP contribution in [0.5, 0.6) is 0 Å². The fourth-order valence-corrected chi connectivity index (χ4v) is 5.59. The lowest BCUT2D eigenvalue weighted by Crippen LogP contribution is -2.23. The molecule has 1 aromatic carbocycles. The Hall–Kier alpha value is -2.08. The molecule has 2 aliphatic heterocycles. The molecule has 0 aliphatic carbocycles. The predicted octanol–water partition coefficient (Wildman–Crippen LogP) is 2.79. The first-order valence-corrected chi connectivity index (χ1v) is 8.29. The van der Waals surface area contributed by atoms with Gasteiger partial charge in [-0.25, -0.2) is 8.42 Å². The molecule has 2 aliphatic rings. The van der Waals surface area contributed by atoms with E-state index in [2.05, 4.69) is 15.2 Å². The van der Waals surface area contributed by atoms with Crippen LogP contribution in [0.25, 0.3) is 0 Å². The molecule has 0 saturated carbocycles. The first-order chi connectivity index (χ1) is 10.1. The van der Waals surface area contributed by atoms with Crippen LogP contribution in [-0.4, -0.2) is 18.7 Å². The molecule has 0 radical (unpaired) electrons. The lowest BCUT2D eigenvalue weighted by atomic mass is 9.97. The van der Waals surface area contributed by atoms with Crippen molar-refractivity contribution < 1.29 is 8.42 Å². The van der Waals surface area contributed by atoms with E-state index in [1.165, 1.54) is 0 Å². The number of azo groups is 1. The van der Waals surface area contributed by atoms with Crippen LogP contribution in [0.2, 0.25) is 0 Å². The molecule has 4 rings (SSSR count). The highest BCUT2D eigenvalue weighted by Crippen LogP contribution is 2.52. The van der Waals surface area contributed by atoms with Gasteiger partial charge < -0.3 is 0 Å². The third-order valence-corrected chi connectivity index (χ3v) is 6.49. The number of hydrogen-bond acceptors (Lipinski definition) is 5. The molecule has 0 N–H and O–H groups in total. The van der Waals surface area contributed by atoms with Crippen molar-refractivity contribution in [3.63, 3.8) is 0 Å². The smallest absolute Gasteiger partial charge is 0.188 e. The predicted molar refractivity (Wildman–Crippen MR) is 76.7 cm³/mol. The van der Waals surface area contributed by atoms with E-state index in [9.17, 15) is 8.42 Å². The van der Waals surface area contributed by atoms with Crippen molar-refractivity contribution in [1.82, 2.24) is 4.98 Å². The normalized spacial score (nSPS) is 28.3. The minimum Gasteiger partial charge on any atom is -0.260 e. The Labute approximate surface area is 122 Å². The first-order valence-electron chi connectivity index (χ1n) is 6.75. The van der Waals surface area contributed by atoms with Gasteiger partial charge in [0, 0.05) is 11.8 Å². The summed E-state index contributed by atoms with van der Waals surface area (Å²) in [5, 5.41) is 7.85. The average Bonchev–Trinajstić information content (AvgIpc) is 3.01. The van der Waals surface area contributed by atoms with Crippen molar-refractivity contribution in [2.75, 3.05) is 0 Å². The zero-order valence-corrected chi connectivity index (χ0v) is 12.2. The summed E-state index contributed by atoms with van der Waals surface area (Å²) in [6.07, 6.45) is 1.64. The highest BCUT2D eigenvalue weighted by molar-refractivity contribution is 7.92. The number of fused-ring (bicyclic) bond motifs is 3. The molecule has 1 unspecified atom stereocenters. The summed E-state index contributed by atoms with van der Waals surface area (Å²) in [5.41, 5.74) is 2.16. The van der Waals surface area contributed by atoms with Crippen molar-refractivity contribution >= 4 is 9.84 Å². The molecule has 21 heavy (non-hydrogen) atoms. The van der Waals surface area contributed by atoms with Crippen molar-refractivity contribution in [3.8, 4) is 0 Å². The summed E-state index contributed by atoms with van der Waals surface area (Å²) in [5.74, 6) is 0. The molecule has 3 atom stereocenters. The molecule has 2 aromatic rings. The molecule has 3 heterocycles. The number of rotatable bonds is 1. The second-order valence-electron chi connectivity index (χ2n) is 5.36. The van der Waals surface area contributed by atoms with Gasteiger partial charge in [-0.3, -0.25) is 4.98 Å². The van der Waals surface area contributed by atoms with Crippen LogP contribution < -0.4 is 0 Å². The van der Waals surface area contributed by atoms with E-state index in [0.717, 1.165) is 11.1 Å². The number of aryl methyl sites for hydroxylation is 1. The van der Waals surface area contributed by atoms with Crippen LogP contribution in [-0.2, 0) is 9.84 Å². The Morgan fingerprint density at radius 2 is 1.71 bits per heavy atom. The van der Waals surface area contributed by atoms with Crippen molar-refractivity contribution in [1.29, 1.82) is 0 Å². The molecule has 106 valence electrons. The summed E-state index contributed by atoms with van der Waals surface area (Å²) in [6.45, 7) is 1.73. The lowest BCUT2D eigenvalue weighted by Gasteiger charge is -2.15. The maximum absolute atomic E-state index is 12.9. The van der Waals surface area contributed by atoms with Crippen LogP contribution in [0.3, 0.4) is 0 Å². The van der Waals surface area contributed by atoms with Crippen molar-refractivity contribution in [3.05, 3.63) is 59.4 Å². The zero-order chi connectivity index (χ0) is 14.6. The molecule has 5 nitrogen and oxygen atoms in total. The van der Waals surface area contributed by atoms with Crippen molar-refractivity contribution in [2.45, 2.75) is 29.2 Å². The summed E-state index contributed by atoms with van der Waals surface area (Å²) < 4.78 is 25.8. The zero-order valence-electron chi connectivity index (χ0n) is 11.3. The standard InChI is InChI=1S/C15H13N3O2S/c1-9-14-11(7-8-16-9)13-15(21(14,19)20)12(17-18-13)10-5-3-2-4-6-10/h2-8,12-13,15H,1H3/t12?,13-,15-/m0/s1. The maximum atomic E-state index is 12.9. The topological polar surface area (TPSA) is 71.8 Å². The molecule has 0 bridgehead atoms. The fourth-order valence-electron chi connectivity index (χ4n) is 3.24. The van der Waals surface area contributed by atoms with Gasteiger partial charge in [0.15, 0.2) is 9.84 Å². The van der Waals surface area contributed by atoms with Crippen LogP contribution in [0.15, 0.2) is 57.7 Å². The second-order valence-corrected chi connectivity index (χ2v) is 7.40.